The van der Waals surface area contributed by atoms with Crippen LogP contribution in [0.4, 0.5) is 4.79 Å². The van der Waals surface area contributed by atoms with Gasteiger partial charge in [0, 0.05) is 13.1 Å². The Bertz CT molecular complexity index is 581. The summed E-state index contributed by atoms with van der Waals surface area (Å²) in [6, 6.07) is 9.70. The standard InChI is InChI=1S/C20H30N2O4/c1-20(2,14-21)26-18(23)17-10-8-16(9-11-17)13-25-19(24)22-12-15-6-4-3-5-7-15/h3-7,16-17H,8-14,21H2,1-2H3,(H,22,24). The predicted octanol–water partition coefficient (Wildman–Crippen LogP) is 3.00. The molecule has 0 unspecified atom stereocenters. The SMILES string of the molecule is CC(C)(CN)OC(=O)C1CCC(COC(=O)NCc2ccccc2)CC1. The van der Waals surface area contributed by atoms with Gasteiger partial charge in [-0.1, -0.05) is 30.3 Å². The molecule has 0 aliphatic heterocycles. The van der Waals surface area contributed by atoms with Crippen LogP contribution in [0.2, 0.25) is 0 Å². The average molecular weight is 362 g/mol. The molecule has 1 aliphatic carbocycles. The minimum absolute atomic E-state index is 0.0796. The van der Waals surface area contributed by atoms with Crippen LogP contribution in [-0.4, -0.2) is 30.8 Å². The van der Waals surface area contributed by atoms with E-state index in [1.54, 1.807) is 0 Å². The number of carbonyl (C=O) groups is 2. The quantitative estimate of drug-likeness (QED) is 0.728. The lowest BCUT2D eigenvalue weighted by Crippen LogP contribution is -2.39. The Morgan fingerprint density at radius 1 is 1.15 bits per heavy atom. The van der Waals surface area contributed by atoms with E-state index in [0.29, 0.717) is 25.6 Å². The van der Waals surface area contributed by atoms with Crippen LogP contribution in [0.25, 0.3) is 0 Å². The topological polar surface area (TPSA) is 90.7 Å². The van der Waals surface area contributed by atoms with E-state index in [4.69, 9.17) is 15.2 Å². The fourth-order valence-corrected chi connectivity index (χ4v) is 2.98. The summed E-state index contributed by atoms with van der Waals surface area (Å²) < 4.78 is 10.8. The van der Waals surface area contributed by atoms with Gasteiger partial charge in [0.15, 0.2) is 0 Å². The molecule has 1 aromatic carbocycles. The summed E-state index contributed by atoms with van der Waals surface area (Å²) in [7, 11) is 0. The largest absolute Gasteiger partial charge is 0.458 e. The van der Waals surface area contributed by atoms with Crippen molar-refractivity contribution in [3.63, 3.8) is 0 Å². The van der Waals surface area contributed by atoms with Crippen molar-refractivity contribution in [3.05, 3.63) is 35.9 Å². The lowest BCUT2D eigenvalue weighted by atomic mass is 9.82. The lowest BCUT2D eigenvalue weighted by molar-refractivity contribution is -0.162. The molecule has 0 bridgehead atoms. The highest BCUT2D eigenvalue weighted by Gasteiger charge is 2.31. The number of hydrogen-bond acceptors (Lipinski definition) is 5. The molecule has 3 N–H and O–H groups in total. The van der Waals surface area contributed by atoms with Crippen LogP contribution >= 0.6 is 0 Å². The maximum atomic E-state index is 12.2. The van der Waals surface area contributed by atoms with E-state index in [1.807, 2.05) is 44.2 Å². The zero-order valence-corrected chi connectivity index (χ0v) is 15.7. The molecule has 1 saturated carbocycles. The van der Waals surface area contributed by atoms with Crippen molar-refractivity contribution >= 4 is 12.1 Å². The minimum Gasteiger partial charge on any atom is -0.458 e. The zero-order chi connectivity index (χ0) is 19.0. The number of benzene rings is 1. The predicted molar refractivity (Wildman–Crippen MR) is 99.3 cm³/mol. The average Bonchev–Trinajstić information content (AvgIpc) is 2.65. The highest BCUT2D eigenvalue weighted by molar-refractivity contribution is 5.73. The number of ether oxygens (including phenoxy) is 2. The number of amides is 1. The molecule has 6 nitrogen and oxygen atoms in total. The van der Waals surface area contributed by atoms with Crippen molar-refractivity contribution < 1.29 is 19.1 Å². The molecular formula is C20H30N2O4. The highest BCUT2D eigenvalue weighted by atomic mass is 16.6. The summed E-state index contributed by atoms with van der Waals surface area (Å²) >= 11 is 0. The molecule has 0 atom stereocenters. The van der Waals surface area contributed by atoms with E-state index in [9.17, 15) is 9.59 Å². The molecule has 1 amide bonds. The number of rotatable bonds is 7. The molecule has 1 fully saturated rings. The first-order valence-electron chi connectivity index (χ1n) is 9.27. The summed E-state index contributed by atoms with van der Waals surface area (Å²) in [6.07, 6.45) is 2.84. The van der Waals surface area contributed by atoms with E-state index in [2.05, 4.69) is 5.32 Å². The van der Waals surface area contributed by atoms with E-state index in [0.717, 1.165) is 31.2 Å². The zero-order valence-electron chi connectivity index (χ0n) is 15.7. The number of nitrogens with one attached hydrogen (secondary N) is 1. The molecule has 1 aromatic rings. The third-order valence-electron chi connectivity index (χ3n) is 4.78. The second kappa shape index (κ2) is 9.57. The highest BCUT2D eigenvalue weighted by Crippen LogP contribution is 2.30. The van der Waals surface area contributed by atoms with Gasteiger partial charge in [0.05, 0.1) is 12.5 Å². The molecule has 144 valence electrons. The van der Waals surface area contributed by atoms with Crippen LogP contribution in [0.3, 0.4) is 0 Å². The number of hydrogen-bond donors (Lipinski definition) is 2. The summed E-state index contributed by atoms with van der Waals surface area (Å²) in [6.45, 7) is 4.78. The van der Waals surface area contributed by atoms with Crippen LogP contribution in [0.15, 0.2) is 30.3 Å². The molecule has 0 spiro atoms. The Labute approximate surface area is 155 Å². The van der Waals surface area contributed by atoms with Crippen LogP contribution in [-0.2, 0) is 20.8 Å². The first-order chi connectivity index (χ1) is 12.4. The molecule has 0 saturated heterocycles. The van der Waals surface area contributed by atoms with Crippen molar-refractivity contribution in [2.45, 2.75) is 51.7 Å². The number of nitrogens with two attached hydrogens (primary N) is 1. The maximum Gasteiger partial charge on any atom is 0.407 e. The van der Waals surface area contributed by atoms with Gasteiger partial charge < -0.3 is 20.5 Å². The Balaban J connectivity index is 1.64. The molecule has 2 rings (SSSR count). The molecule has 6 heteroatoms. The number of carbonyl (C=O) groups excluding carboxylic acids is 2. The van der Waals surface area contributed by atoms with E-state index in [-0.39, 0.29) is 11.9 Å². The Morgan fingerprint density at radius 2 is 1.81 bits per heavy atom. The molecule has 26 heavy (non-hydrogen) atoms. The summed E-state index contributed by atoms with van der Waals surface area (Å²) in [5.41, 5.74) is 6.02. The van der Waals surface area contributed by atoms with Crippen LogP contribution in [0.1, 0.15) is 45.1 Å². The van der Waals surface area contributed by atoms with Gasteiger partial charge in [-0.15, -0.1) is 0 Å². The van der Waals surface area contributed by atoms with Crippen molar-refractivity contribution in [2.24, 2.45) is 17.6 Å². The summed E-state index contributed by atoms with van der Waals surface area (Å²) in [5, 5.41) is 2.75. The number of alkyl carbamates (subject to hydrolysis) is 1. The molecule has 0 heterocycles. The second-order valence-corrected chi connectivity index (χ2v) is 7.54. The summed E-state index contributed by atoms with van der Waals surface area (Å²) in [4.78, 5) is 24.0. The van der Waals surface area contributed by atoms with Crippen LogP contribution in [0, 0.1) is 11.8 Å². The molecule has 0 radical (unpaired) electrons. The third kappa shape index (κ3) is 6.67. The Hall–Kier alpha value is -2.08. The Kier molecular flexibility index (Phi) is 7.45. The second-order valence-electron chi connectivity index (χ2n) is 7.54. The van der Waals surface area contributed by atoms with Crippen molar-refractivity contribution in [1.82, 2.24) is 5.32 Å². The minimum atomic E-state index is -0.617. The third-order valence-corrected chi connectivity index (χ3v) is 4.78. The van der Waals surface area contributed by atoms with Gasteiger partial charge in [-0.2, -0.15) is 0 Å². The first kappa shape index (κ1) is 20.2. The normalized spacial score (nSPS) is 20.3. The fraction of sp³-hybridized carbons (Fsp3) is 0.600. The lowest BCUT2D eigenvalue weighted by Gasteiger charge is -2.30. The monoisotopic (exact) mass is 362 g/mol. The van der Waals surface area contributed by atoms with Gasteiger partial charge in [-0.05, 0) is 51.0 Å². The van der Waals surface area contributed by atoms with Crippen LogP contribution in [0.5, 0.6) is 0 Å². The van der Waals surface area contributed by atoms with E-state index >= 15 is 0 Å². The van der Waals surface area contributed by atoms with Gasteiger partial charge in [0.25, 0.3) is 0 Å². The maximum absolute atomic E-state index is 12.2. The molecule has 0 aromatic heterocycles. The van der Waals surface area contributed by atoms with Gasteiger partial charge >= 0.3 is 12.1 Å². The fourth-order valence-electron chi connectivity index (χ4n) is 2.98. The van der Waals surface area contributed by atoms with Crippen molar-refractivity contribution in [3.8, 4) is 0 Å². The van der Waals surface area contributed by atoms with E-state index < -0.39 is 11.7 Å². The van der Waals surface area contributed by atoms with Gasteiger partial charge in [-0.3, -0.25) is 4.79 Å². The molecular weight excluding hydrogens is 332 g/mol. The van der Waals surface area contributed by atoms with Gasteiger partial charge in [-0.25, -0.2) is 4.79 Å². The van der Waals surface area contributed by atoms with Gasteiger partial charge in [0.1, 0.15) is 5.60 Å². The molecule has 1 aliphatic rings. The van der Waals surface area contributed by atoms with Crippen LogP contribution < -0.4 is 11.1 Å². The first-order valence-corrected chi connectivity index (χ1v) is 9.27. The van der Waals surface area contributed by atoms with E-state index in [1.165, 1.54) is 0 Å². The van der Waals surface area contributed by atoms with Crippen molar-refractivity contribution in [2.75, 3.05) is 13.2 Å². The van der Waals surface area contributed by atoms with Crippen molar-refractivity contribution in [1.29, 1.82) is 0 Å². The number of esters is 1. The Morgan fingerprint density at radius 3 is 2.42 bits per heavy atom. The van der Waals surface area contributed by atoms with Gasteiger partial charge in [0.2, 0.25) is 0 Å². The smallest absolute Gasteiger partial charge is 0.407 e. The summed E-state index contributed by atoms with van der Waals surface area (Å²) in [5.74, 6) is 0.0495.